The van der Waals surface area contributed by atoms with Crippen molar-refractivity contribution in [1.29, 1.82) is 0 Å². The number of halogens is 1. The standard InChI is InChI=1S/C12H16ClNO/c1-10-4-2-3-5-11(10)7-9-14-12(15)6-8-13/h2-5H,6-9H2,1H3,(H,14,15). The van der Waals surface area contributed by atoms with Gasteiger partial charge in [0.25, 0.3) is 0 Å². The zero-order valence-corrected chi connectivity index (χ0v) is 9.68. The minimum absolute atomic E-state index is 0.0265. The molecule has 0 atom stereocenters. The first-order chi connectivity index (χ1) is 7.24. The molecule has 2 nitrogen and oxygen atoms in total. The lowest BCUT2D eigenvalue weighted by Gasteiger charge is -2.06. The molecule has 1 rings (SSSR count). The number of nitrogens with one attached hydrogen (secondary N) is 1. The predicted molar refractivity (Wildman–Crippen MR) is 63.2 cm³/mol. The van der Waals surface area contributed by atoms with Crippen LogP contribution in [0.25, 0.3) is 0 Å². The van der Waals surface area contributed by atoms with Crippen LogP contribution < -0.4 is 5.32 Å². The van der Waals surface area contributed by atoms with Gasteiger partial charge in [0.15, 0.2) is 0 Å². The summed E-state index contributed by atoms with van der Waals surface area (Å²) in [5.74, 6) is 0.412. The number of carbonyl (C=O) groups excluding carboxylic acids is 1. The summed E-state index contributed by atoms with van der Waals surface area (Å²) in [5.41, 5.74) is 2.55. The predicted octanol–water partition coefficient (Wildman–Crippen LogP) is 2.28. The topological polar surface area (TPSA) is 29.1 Å². The number of hydrogen-bond acceptors (Lipinski definition) is 1. The van der Waals surface area contributed by atoms with E-state index in [1.54, 1.807) is 0 Å². The average molecular weight is 226 g/mol. The summed E-state index contributed by atoms with van der Waals surface area (Å²) >= 11 is 5.46. The van der Waals surface area contributed by atoms with Crippen LogP contribution in [0.1, 0.15) is 17.5 Å². The Kier molecular flexibility index (Phi) is 5.19. The Morgan fingerprint density at radius 1 is 1.40 bits per heavy atom. The summed E-state index contributed by atoms with van der Waals surface area (Å²) in [5, 5.41) is 2.84. The Bertz CT molecular complexity index is 325. The maximum atomic E-state index is 11.1. The molecule has 0 aromatic heterocycles. The van der Waals surface area contributed by atoms with Crippen LogP contribution >= 0.6 is 11.6 Å². The van der Waals surface area contributed by atoms with Crippen LogP contribution in [0.3, 0.4) is 0 Å². The second-order valence-corrected chi connectivity index (χ2v) is 3.84. The number of benzene rings is 1. The fourth-order valence-electron chi connectivity index (χ4n) is 1.40. The zero-order chi connectivity index (χ0) is 11.1. The summed E-state index contributed by atoms with van der Waals surface area (Å²) < 4.78 is 0. The molecule has 1 aromatic rings. The van der Waals surface area contributed by atoms with Gasteiger partial charge in [-0.25, -0.2) is 0 Å². The van der Waals surface area contributed by atoms with E-state index in [9.17, 15) is 4.79 Å². The van der Waals surface area contributed by atoms with Gasteiger partial charge < -0.3 is 5.32 Å². The molecule has 1 N–H and O–H groups in total. The van der Waals surface area contributed by atoms with Crippen LogP contribution in [-0.4, -0.2) is 18.3 Å². The third kappa shape index (κ3) is 4.34. The zero-order valence-electron chi connectivity index (χ0n) is 8.92. The maximum absolute atomic E-state index is 11.1. The molecule has 15 heavy (non-hydrogen) atoms. The van der Waals surface area contributed by atoms with Crippen molar-refractivity contribution in [2.24, 2.45) is 0 Å². The van der Waals surface area contributed by atoms with Crippen molar-refractivity contribution in [2.75, 3.05) is 12.4 Å². The number of amides is 1. The Hall–Kier alpha value is -1.02. The van der Waals surface area contributed by atoms with Crippen LogP contribution in [-0.2, 0) is 11.2 Å². The molecule has 0 radical (unpaired) electrons. The first kappa shape index (κ1) is 12.1. The molecule has 0 spiro atoms. The minimum atomic E-state index is 0.0265. The van der Waals surface area contributed by atoms with Gasteiger partial charge in [-0.2, -0.15) is 0 Å². The highest BCUT2D eigenvalue weighted by atomic mass is 35.5. The lowest BCUT2D eigenvalue weighted by molar-refractivity contribution is -0.120. The molecular formula is C12H16ClNO. The first-order valence-electron chi connectivity index (χ1n) is 5.11. The second kappa shape index (κ2) is 6.46. The van der Waals surface area contributed by atoms with Crippen molar-refractivity contribution in [1.82, 2.24) is 5.32 Å². The molecule has 0 saturated carbocycles. The van der Waals surface area contributed by atoms with Gasteiger partial charge in [-0.1, -0.05) is 24.3 Å². The van der Waals surface area contributed by atoms with E-state index in [-0.39, 0.29) is 5.91 Å². The Labute approximate surface area is 95.6 Å². The molecule has 0 aliphatic carbocycles. The molecule has 82 valence electrons. The van der Waals surface area contributed by atoms with Crippen LogP contribution in [0, 0.1) is 6.92 Å². The molecule has 1 aromatic carbocycles. The molecule has 0 aliphatic heterocycles. The molecule has 1 amide bonds. The third-order valence-electron chi connectivity index (χ3n) is 2.30. The van der Waals surface area contributed by atoms with Gasteiger partial charge in [0.05, 0.1) is 0 Å². The lowest BCUT2D eigenvalue weighted by Crippen LogP contribution is -2.25. The lowest BCUT2D eigenvalue weighted by atomic mass is 10.1. The summed E-state index contributed by atoms with van der Waals surface area (Å²) in [6.45, 7) is 2.76. The summed E-state index contributed by atoms with van der Waals surface area (Å²) in [4.78, 5) is 11.1. The van der Waals surface area contributed by atoms with Crippen molar-refractivity contribution in [3.05, 3.63) is 35.4 Å². The molecule has 3 heteroatoms. The van der Waals surface area contributed by atoms with Gasteiger partial charge >= 0.3 is 0 Å². The molecular weight excluding hydrogens is 210 g/mol. The molecule has 0 unspecified atom stereocenters. The van der Waals surface area contributed by atoms with Crippen molar-refractivity contribution in [2.45, 2.75) is 19.8 Å². The SMILES string of the molecule is Cc1ccccc1CCNC(=O)CCCl. The Morgan fingerprint density at radius 2 is 2.13 bits per heavy atom. The van der Waals surface area contributed by atoms with Crippen LogP contribution in [0.15, 0.2) is 24.3 Å². The van der Waals surface area contributed by atoms with E-state index in [0.29, 0.717) is 18.8 Å². The molecule has 0 saturated heterocycles. The molecule has 0 fully saturated rings. The molecule has 0 heterocycles. The van der Waals surface area contributed by atoms with Crippen molar-refractivity contribution in [3.63, 3.8) is 0 Å². The Morgan fingerprint density at radius 3 is 2.80 bits per heavy atom. The number of alkyl halides is 1. The van der Waals surface area contributed by atoms with Gasteiger partial charge in [-0.05, 0) is 24.5 Å². The van der Waals surface area contributed by atoms with E-state index >= 15 is 0 Å². The van der Waals surface area contributed by atoms with Crippen LogP contribution in [0.5, 0.6) is 0 Å². The number of rotatable bonds is 5. The van der Waals surface area contributed by atoms with Crippen molar-refractivity contribution in [3.8, 4) is 0 Å². The molecule has 0 bridgehead atoms. The van der Waals surface area contributed by atoms with Crippen LogP contribution in [0.4, 0.5) is 0 Å². The van der Waals surface area contributed by atoms with E-state index in [2.05, 4.69) is 24.4 Å². The Balaban J connectivity index is 2.32. The van der Waals surface area contributed by atoms with Crippen molar-refractivity contribution >= 4 is 17.5 Å². The van der Waals surface area contributed by atoms with E-state index in [4.69, 9.17) is 11.6 Å². The van der Waals surface area contributed by atoms with Gasteiger partial charge in [0.2, 0.25) is 5.91 Å². The van der Waals surface area contributed by atoms with E-state index in [0.717, 1.165) is 6.42 Å². The minimum Gasteiger partial charge on any atom is -0.356 e. The van der Waals surface area contributed by atoms with Gasteiger partial charge in [0, 0.05) is 18.8 Å². The number of aryl methyl sites for hydroxylation is 1. The first-order valence-corrected chi connectivity index (χ1v) is 5.64. The van der Waals surface area contributed by atoms with Gasteiger partial charge in [0.1, 0.15) is 0 Å². The molecule has 0 aliphatic rings. The van der Waals surface area contributed by atoms with E-state index in [1.165, 1.54) is 11.1 Å². The van der Waals surface area contributed by atoms with Gasteiger partial charge in [-0.15, -0.1) is 11.6 Å². The maximum Gasteiger partial charge on any atom is 0.221 e. The van der Waals surface area contributed by atoms with E-state index in [1.807, 2.05) is 12.1 Å². The second-order valence-electron chi connectivity index (χ2n) is 3.47. The highest BCUT2D eigenvalue weighted by Gasteiger charge is 2.00. The van der Waals surface area contributed by atoms with E-state index < -0.39 is 0 Å². The van der Waals surface area contributed by atoms with Crippen LogP contribution in [0.2, 0.25) is 0 Å². The summed E-state index contributed by atoms with van der Waals surface area (Å²) in [7, 11) is 0. The summed E-state index contributed by atoms with van der Waals surface area (Å²) in [6, 6.07) is 8.20. The largest absolute Gasteiger partial charge is 0.356 e. The highest BCUT2D eigenvalue weighted by molar-refractivity contribution is 6.18. The van der Waals surface area contributed by atoms with Gasteiger partial charge in [-0.3, -0.25) is 4.79 Å². The fourth-order valence-corrected chi connectivity index (χ4v) is 1.57. The average Bonchev–Trinajstić information content (AvgIpc) is 2.21. The summed E-state index contributed by atoms with van der Waals surface area (Å²) in [6.07, 6.45) is 1.27. The highest BCUT2D eigenvalue weighted by Crippen LogP contribution is 2.06. The quantitative estimate of drug-likeness (QED) is 0.766. The monoisotopic (exact) mass is 225 g/mol. The normalized spacial score (nSPS) is 10.0. The third-order valence-corrected chi connectivity index (χ3v) is 2.49. The number of carbonyl (C=O) groups is 1. The number of hydrogen-bond donors (Lipinski definition) is 1. The smallest absolute Gasteiger partial charge is 0.221 e. The van der Waals surface area contributed by atoms with Crippen molar-refractivity contribution < 1.29 is 4.79 Å². The fraction of sp³-hybridized carbons (Fsp3) is 0.417.